The summed E-state index contributed by atoms with van der Waals surface area (Å²) in [6.45, 7) is 2.13. The molecule has 2 amide bonds. The number of hydrogen-bond donors (Lipinski definition) is 0. The standard InChI is InChI=1S/C27H30N2O8/c1-3-35-27(33)19-6-5-11-28(14-19)25(31)15-29-22-12-18(9-10-24(22)37-17-26(29)32)23(30)16-36-21-8-4-7-20(13-21)34-2/h4,7-10,12-13,19H,3,5-6,11,14-17H2,1-2H3. The van der Waals surface area contributed by atoms with E-state index in [1.807, 2.05) is 0 Å². The Morgan fingerprint density at radius 1 is 1.11 bits per heavy atom. The maximum atomic E-state index is 13.1. The van der Waals surface area contributed by atoms with Crippen molar-refractivity contribution in [1.82, 2.24) is 4.90 Å². The summed E-state index contributed by atoms with van der Waals surface area (Å²) in [5, 5.41) is 0. The molecule has 37 heavy (non-hydrogen) atoms. The second-order valence-corrected chi connectivity index (χ2v) is 8.77. The van der Waals surface area contributed by atoms with Crippen LogP contribution in [-0.2, 0) is 19.1 Å². The summed E-state index contributed by atoms with van der Waals surface area (Å²) >= 11 is 0. The maximum Gasteiger partial charge on any atom is 0.310 e. The molecule has 2 aromatic carbocycles. The van der Waals surface area contributed by atoms with E-state index in [1.54, 1.807) is 55.3 Å². The highest BCUT2D eigenvalue weighted by atomic mass is 16.5. The van der Waals surface area contributed by atoms with Crippen LogP contribution in [0.5, 0.6) is 17.2 Å². The smallest absolute Gasteiger partial charge is 0.310 e. The molecule has 10 nitrogen and oxygen atoms in total. The predicted molar refractivity (Wildman–Crippen MR) is 133 cm³/mol. The van der Waals surface area contributed by atoms with E-state index in [9.17, 15) is 19.2 Å². The van der Waals surface area contributed by atoms with E-state index in [4.69, 9.17) is 18.9 Å². The first-order chi connectivity index (χ1) is 17.9. The van der Waals surface area contributed by atoms with Crippen molar-refractivity contribution in [2.75, 3.05) is 51.5 Å². The molecular weight excluding hydrogens is 480 g/mol. The number of Topliss-reactive ketones (excluding diaryl/α,β-unsaturated/α-hetero) is 1. The summed E-state index contributed by atoms with van der Waals surface area (Å²) in [6.07, 6.45) is 1.33. The summed E-state index contributed by atoms with van der Waals surface area (Å²) in [5.74, 6) is -0.170. The third kappa shape index (κ3) is 6.19. The van der Waals surface area contributed by atoms with Crippen molar-refractivity contribution < 1.29 is 38.1 Å². The molecule has 2 aliphatic heterocycles. The van der Waals surface area contributed by atoms with E-state index in [2.05, 4.69) is 0 Å². The third-order valence-electron chi connectivity index (χ3n) is 6.32. The number of carbonyl (C=O) groups is 4. The number of nitrogens with zero attached hydrogens (tertiary/aromatic N) is 2. The van der Waals surface area contributed by atoms with Crippen molar-refractivity contribution in [2.24, 2.45) is 5.92 Å². The Hall–Kier alpha value is -4.08. The number of rotatable bonds is 9. The van der Waals surface area contributed by atoms with Crippen molar-refractivity contribution >= 4 is 29.3 Å². The molecule has 1 unspecified atom stereocenters. The lowest BCUT2D eigenvalue weighted by molar-refractivity contribution is -0.151. The van der Waals surface area contributed by atoms with Crippen LogP contribution in [0.2, 0.25) is 0 Å². The van der Waals surface area contributed by atoms with Crippen LogP contribution < -0.4 is 19.1 Å². The fourth-order valence-electron chi connectivity index (χ4n) is 4.36. The number of ether oxygens (including phenoxy) is 4. The average molecular weight is 511 g/mol. The van der Waals surface area contributed by atoms with Crippen molar-refractivity contribution in [3.05, 3.63) is 48.0 Å². The van der Waals surface area contributed by atoms with Crippen molar-refractivity contribution in [3.8, 4) is 17.2 Å². The molecule has 10 heteroatoms. The summed E-state index contributed by atoms with van der Waals surface area (Å²) in [7, 11) is 1.54. The molecular formula is C27H30N2O8. The number of benzene rings is 2. The van der Waals surface area contributed by atoms with Crippen LogP contribution in [0.3, 0.4) is 0 Å². The zero-order chi connectivity index (χ0) is 26.4. The second-order valence-electron chi connectivity index (χ2n) is 8.77. The monoisotopic (exact) mass is 510 g/mol. The van der Waals surface area contributed by atoms with Gasteiger partial charge in [-0.3, -0.25) is 24.1 Å². The molecule has 0 bridgehead atoms. The molecule has 0 N–H and O–H groups in total. The highest BCUT2D eigenvalue weighted by Gasteiger charge is 2.33. The van der Waals surface area contributed by atoms with Gasteiger partial charge >= 0.3 is 5.97 Å². The van der Waals surface area contributed by atoms with Gasteiger partial charge in [0.2, 0.25) is 5.91 Å². The summed E-state index contributed by atoms with van der Waals surface area (Å²) < 4.78 is 21.4. The molecule has 0 aromatic heterocycles. The van der Waals surface area contributed by atoms with Gasteiger partial charge in [-0.15, -0.1) is 0 Å². The molecule has 2 heterocycles. The highest BCUT2D eigenvalue weighted by Crippen LogP contribution is 2.33. The van der Waals surface area contributed by atoms with Crippen LogP contribution in [0, 0.1) is 5.92 Å². The molecule has 0 aliphatic carbocycles. The van der Waals surface area contributed by atoms with Crippen LogP contribution in [0.4, 0.5) is 5.69 Å². The van der Waals surface area contributed by atoms with Gasteiger partial charge in [0.05, 0.1) is 25.3 Å². The van der Waals surface area contributed by atoms with E-state index in [0.29, 0.717) is 47.9 Å². The largest absolute Gasteiger partial charge is 0.497 e. The van der Waals surface area contributed by atoms with Gasteiger partial charge in [0, 0.05) is 24.7 Å². The van der Waals surface area contributed by atoms with Crippen LogP contribution in [0.15, 0.2) is 42.5 Å². The lowest BCUT2D eigenvalue weighted by Gasteiger charge is -2.34. The zero-order valence-electron chi connectivity index (χ0n) is 20.9. The number of fused-ring (bicyclic) bond motifs is 1. The molecule has 1 fully saturated rings. The summed E-state index contributed by atoms with van der Waals surface area (Å²) in [4.78, 5) is 53.8. The number of likely N-dealkylation sites (tertiary alicyclic amines) is 1. The molecule has 1 atom stereocenters. The lowest BCUT2D eigenvalue weighted by Crippen LogP contribution is -2.49. The van der Waals surface area contributed by atoms with Gasteiger partial charge in [-0.1, -0.05) is 6.07 Å². The number of methoxy groups -OCH3 is 1. The van der Waals surface area contributed by atoms with Crippen LogP contribution in [0.25, 0.3) is 0 Å². The molecule has 2 aromatic rings. The summed E-state index contributed by atoms with van der Waals surface area (Å²) in [6, 6.07) is 11.7. The summed E-state index contributed by atoms with van der Waals surface area (Å²) in [5.41, 5.74) is 0.661. The van der Waals surface area contributed by atoms with Gasteiger partial charge in [-0.25, -0.2) is 0 Å². The van der Waals surface area contributed by atoms with Gasteiger partial charge in [0.25, 0.3) is 5.91 Å². The van der Waals surface area contributed by atoms with E-state index >= 15 is 0 Å². The van der Waals surface area contributed by atoms with Crippen molar-refractivity contribution in [2.45, 2.75) is 19.8 Å². The minimum Gasteiger partial charge on any atom is -0.497 e. The van der Waals surface area contributed by atoms with Gasteiger partial charge < -0.3 is 23.8 Å². The second kappa shape index (κ2) is 11.8. The van der Waals surface area contributed by atoms with Crippen LogP contribution in [0.1, 0.15) is 30.1 Å². The van der Waals surface area contributed by atoms with Crippen LogP contribution in [-0.4, -0.2) is 75.0 Å². The Balaban J connectivity index is 1.45. The molecule has 0 spiro atoms. The average Bonchev–Trinajstić information content (AvgIpc) is 2.93. The Morgan fingerprint density at radius 2 is 1.92 bits per heavy atom. The maximum absolute atomic E-state index is 13.1. The molecule has 0 saturated carbocycles. The molecule has 4 rings (SSSR count). The number of amides is 2. The fraction of sp³-hybridized carbons (Fsp3) is 0.407. The van der Waals surface area contributed by atoms with Crippen molar-refractivity contribution in [3.63, 3.8) is 0 Å². The molecule has 0 radical (unpaired) electrons. The van der Waals surface area contributed by atoms with Gasteiger partial charge in [0.15, 0.2) is 19.0 Å². The quantitative estimate of drug-likeness (QED) is 0.374. The molecule has 1 saturated heterocycles. The lowest BCUT2D eigenvalue weighted by atomic mass is 9.98. The predicted octanol–water partition coefficient (Wildman–Crippen LogP) is 2.48. The van der Waals surface area contributed by atoms with E-state index in [1.165, 1.54) is 11.0 Å². The number of piperidine rings is 1. The number of hydrogen-bond acceptors (Lipinski definition) is 8. The topological polar surface area (TPSA) is 112 Å². The fourth-order valence-corrected chi connectivity index (χ4v) is 4.36. The Labute approximate surface area is 215 Å². The normalized spacial score (nSPS) is 16.9. The van der Waals surface area contributed by atoms with E-state index < -0.39 is 5.91 Å². The van der Waals surface area contributed by atoms with E-state index in [0.717, 1.165) is 0 Å². The SMILES string of the molecule is CCOC(=O)C1CCCN(C(=O)CN2C(=O)COc3ccc(C(=O)COc4cccc(OC)c4)cc32)C1. The first-order valence-corrected chi connectivity index (χ1v) is 12.2. The van der Waals surface area contributed by atoms with E-state index in [-0.39, 0.29) is 56.5 Å². The first-order valence-electron chi connectivity index (χ1n) is 12.2. The number of esters is 1. The zero-order valence-corrected chi connectivity index (χ0v) is 20.9. The molecule has 196 valence electrons. The Kier molecular flexibility index (Phi) is 8.27. The third-order valence-corrected chi connectivity index (χ3v) is 6.32. The number of anilines is 1. The van der Waals surface area contributed by atoms with Crippen molar-refractivity contribution in [1.29, 1.82) is 0 Å². The minimum absolute atomic E-state index is 0.210. The van der Waals surface area contributed by atoms with Crippen LogP contribution >= 0.6 is 0 Å². The minimum atomic E-state index is -0.392. The van der Waals surface area contributed by atoms with Gasteiger partial charge in [-0.05, 0) is 50.1 Å². The van der Waals surface area contributed by atoms with Gasteiger partial charge in [-0.2, -0.15) is 0 Å². The number of ketones is 1. The highest BCUT2D eigenvalue weighted by molar-refractivity contribution is 6.04. The number of carbonyl (C=O) groups excluding carboxylic acids is 4. The first kappa shape index (κ1) is 26.0. The molecule has 2 aliphatic rings. The van der Waals surface area contributed by atoms with Gasteiger partial charge in [0.1, 0.15) is 23.8 Å². The Bertz CT molecular complexity index is 1180. The Morgan fingerprint density at radius 3 is 2.70 bits per heavy atom.